The van der Waals surface area contributed by atoms with E-state index in [0.29, 0.717) is 31.1 Å². The Bertz CT molecular complexity index is 1020. The molecule has 7 nitrogen and oxygen atoms in total. The highest BCUT2D eigenvalue weighted by molar-refractivity contribution is 6.39. The molecule has 1 aromatic heterocycles. The lowest BCUT2D eigenvalue weighted by molar-refractivity contribution is -0.116. The van der Waals surface area contributed by atoms with Crippen molar-refractivity contribution >= 4 is 46.8 Å². The third-order valence-electron chi connectivity index (χ3n) is 5.28. The quantitative estimate of drug-likeness (QED) is 0.476. The monoisotopic (exact) mass is 495 g/mol. The molecule has 10 heteroatoms. The van der Waals surface area contributed by atoms with Crippen molar-refractivity contribution in [2.75, 3.05) is 32.8 Å². The number of aromatic nitrogens is 2. The molecule has 0 bridgehead atoms. The summed E-state index contributed by atoms with van der Waals surface area (Å²) in [6.07, 6.45) is 6.58. The van der Waals surface area contributed by atoms with E-state index in [1.54, 1.807) is 0 Å². The third-order valence-corrected chi connectivity index (χ3v) is 6.03. The van der Waals surface area contributed by atoms with Crippen molar-refractivity contribution < 1.29 is 23.4 Å². The summed E-state index contributed by atoms with van der Waals surface area (Å²) in [4.78, 5) is 20.3. The number of rotatable bonds is 9. The summed E-state index contributed by atoms with van der Waals surface area (Å²) in [6, 6.07) is 1.36. The van der Waals surface area contributed by atoms with E-state index in [-0.39, 0.29) is 44.9 Å². The van der Waals surface area contributed by atoms with E-state index in [0.717, 1.165) is 6.42 Å². The molecule has 0 radical (unpaired) electrons. The van der Waals surface area contributed by atoms with Crippen molar-refractivity contribution in [3.8, 4) is 11.5 Å². The predicted octanol–water partition coefficient (Wildman–Crippen LogP) is 5.23. The minimum atomic E-state index is -0.699. The van der Waals surface area contributed by atoms with Gasteiger partial charge in [0.25, 0.3) is 0 Å². The molecule has 0 saturated carbocycles. The van der Waals surface area contributed by atoms with E-state index in [2.05, 4.69) is 21.9 Å². The van der Waals surface area contributed by atoms with Gasteiger partial charge in [-0.25, -0.2) is 14.4 Å². The fourth-order valence-electron chi connectivity index (χ4n) is 3.49. The molecule has 3 rings (SSSR count). The van der Waals surface area contributed by atoms with Gasteiger partial charge in [0.15, 0.2) is 5.78 Å². The first-order valence-electron chi connectivity index (χ1n) is 10.2. The standard InChI is InChI=1S/C23H24Cl2FN3O4/c1-4-15(30)8-14-5-6-33-12-17(14)29-23-27-10-13(11-28-23)7-16(26)20-21(24)18(31-2)9-19(32-3)22(20)25/h4,7,9-11,14,17H,1,5-6,8,12H2,2-3H3,(H,27,28,29)/b16-7-/t14-,17-/m1/s1. The summed E-state index contributed by atoms with van der Waals surface area (Å²) in [5.41, 5.74) is 0.344. The lowest BCUT2D eigenvalue weighted by Crippen LogP contribution is -2.40. The van der Waals surface area contributed by atoms with Crippen LogP contribution in [0.1, 0.15) is 24.0 Å². The molecule has 33 heavy (non-hydrogen) atoms. The second-order valence-electron chi connectivity index (χ2n) is 7.37. The second kappa shape index (κ2) is 11.4. The first-order chi connectivity index (χ1) is 15.9. The molecule has 0 amide bonds. The number of ether oxygens (including phenoxy) is 3. The summed E-state index contributed by atoms with van der Waals surface area (Å²) in [7, 11) is 2.82. The first-order valence-corrected chi connectivity index (χ1v) is 10.9. The minimum Gasteiger partial charge on any atom is -0.495 e. The predicted molar refractivity (Wildman–Crippen MR) is 127 cm³/mol. The minimum absolute atomic E-state index is 0.0166. The van der Waals surface area contributed by atoms with Gasteiger partial charge >= 0.3 is 0 Å². The highest BCUT2D eigenvalue weighted by atomic mass is 35.5. The smallest absolute Gasteiger partial charge is 0.222 e. The number of benzene rings is 1. The van der Waals surface area contributed by atoms with E-state index < -0.39 is 5.83 Å². The van der Waals surface area contributed by atoms with E-state index in [9.17, 15) is 4.79 Å². The Morgan fingerprint density at radius 2 is 1.91 bits per heavy atom. The lowest BCUT2D eigenvalue weighted by atomic mass is 9.90. The molecule has 1 N–H and O–H groups in total. The molecule has 1 aliphatic rings. The Balaban J connectivity index is 1.79. The van der Waals surface area contributed by atoms with E-state index in [1.807, 2.05) is 0 Å². The van der Waals surface area contributed by atoms with Crippen LogP contribution < -0.4 is 14.8 Å². The van der Waals surface area contributed by atoms with Gasteiger partial charge in [-0.15, -0.1) is 0 Å². The Hall–Kier alpha value is -2.68. The molecule has 1 aliphatic heterocycles. The van der Waals surface area contributed by atoms with Crippen LogP contribution in [0.4, 0.5) is 10.3 Å². The molecule has 0 aliphatic carbocycles. The van der Waals surface area contributed by atoms with Crippen LogP contribution in [0.2, 0.25) is 10.0 Å². The Labute approximate surface area is 201 Å². The number of anilines is 1. The van der Waals surface area contributed by atoms with Crippen molar-refractivity contribution in [3.05, 3.63) is 52.3 Å². The molecule has 1 aromatic carbocycles. The van der Waals surface area contributed by atoms with Crippen LogP contribution >= 0.6 is 23.2 Å². The maximum atomic E-state index is 15.1. The maximum absolute atomic E-state index is 15.1. The summed E-state index contributed by atoms with van der Waals surface area (Å²) in [6.45, 7) is 4.56. The number of nitrogens with one attached hydrogen (secondary N) is 1. The number of hydrogen-bond acceptors (Lipinski definition) is 7. The maximum Gasteiger partial charge on any atom is 0.222 e. The summed E-state index contributed by atoms with van der Waals surface area (Å²) in [5.74, 6) is 0.167. The molecule has 0 spiro atoms. The summed E-state index contributed by atoms with van der Waals surface area (Å²) >= 11 is 12.5. The van der Waals surface area contributed by atoms with Crippen LogP contribution in [-0.2, 0) is 9.53 Å². The zero-order valence-electron chi connectivity index (χ0n) is 18.2. The number of ketones is 1. The molecule has 1 saturated heterocycles. The van der Waals surface area contributed by atoms with E-state index in [4.69, 9.17) is 37.4 Å². The third kappa shape index (κ3) is 6.01. The van der Waals surface area contributed by atoms with Crippen LogP contribution in [0.25, 0.3) is 11.9 Å². The summed E-state index contributed by atoms with van der Waals surface area (Å²) in [5, 5.41) is 3.24. The van der Waals surface area contributed by atoms with Crippen LogP contribution in [0.3, 0.4) is 0 Å². The number of carbonyl (C=O) groups is 1. The van der Waals surface area contributed by atoms with E-state index in [1.165, 1.54) is 44.8 Å². The van der Waals surface area contributed by atoms with Crippen LogP contribution in [0, 0.1) is 5.92 Å². The number of hydrogen-bond donors (Lipinski definition) is 1. The fourth-order valence-corrected chi connectivity index (χ4v) is 4.18. The zero-order valence-corrected chi connectivity index (χ0v) is 19.8. The topological polar surface area (TPSA) is 82.6 Å². The van der Waals surface area contributed by atoms with Gasteiger partial charge in [-0.05, 0) is 24.5 Å². The van der Waals surface area contributed by atoms with Crippen molar-refractivity contribution in [2.45, 2.75) is 18.9 Å². The van der Waals surface area contributed by atoms with Crippen LogP contribution in [0.15, 0.2) is 31.1 Å². The largest absolute Gasteiger partial charge is 0.495 e. The van der Waals surface area contributed by atoms with Crippen molar-refractivity contribution in [1.82, 2.24) is 9.97 Å². The van der Waals surface area contributed by atoms with Gasteiger partial charge in [0.1, 0.15) is 17.3 Å². The Morgan fingerprint density at radius 3 is 2.48 bits per heavy atom. The van der Waals surface area contributed by atoms with Crippen molar-refractivity contribution in [3.63, 3.8) is 0 Å². The zero-order chi connectivity index (χ0) is 24.0. The van der Waals surface area contributed by atoms with Gasteiger partial charge in [-0.1, -0.05) is 29.8 Å². The van der Waals surface area contributed by atoms with Gasteiger partial charge in [0, 0.05) is 37.1 Å². The SMILES string of the molecule is C=CC(=O)C[C@H]1CCOC[C@H]1Nc1ncc(/C=C(\F)c2c(Cl)c(OC)cc(OC)c2Cl)cn1. The average Bonchev–Trinajstić information content (AvgIpc) is 2.81. The highest BCUT2D eigenvalue weighted by Crippen LogP contribution is 2.44. The number of nitrogens with zero attached hydrogens (tertiary/aromatic N) is 2. The number of methoxy groups -OCH3 is 2. The molecular weight excluding hydrogens is 472 g/mol. The van der Waals surface area contributed by atoms with Gasteiger partial charge in [-0.2, -0.15) is 0 Å². The van der Waals surface area contributed by atoms with Crippen molar-refractivity contribution in [1.29, 1.82) is 0 Å². The van der Waals surface area contributed by atoms with Crippen LogP contribution in [-0.4, -0.2) is 49.2 Å². The summed E-state index contributed by atoms with van der Waals surface area (Å²) < 4.78 is 31.0. The average molecular weight is 496 g/mol. The van der Waals surface area contributed by atoms with Crippen molar-refractivity contribution in [2.24, 2.45) is 5.92 Å². The Kier molecular flexibility index (Phi) is 8.66. The lowest BCUT2D eigenvalue weighted by Gasteiger charge is -2.31. The van der Waals surface area contributed by atoms with Gasteiger partial charge < -0.3 is 19.5 Å². The van der Waals surface area contributed by atoms with E-state index >= 15 is 4.39 Å². The van der Waals surface area contributed by atoms with Gasteiger partial charge in [0.2, 0.25) is 5.95 Å². The number of halogens is 3. The second-order valence-corrected chi connectivity index (χ2v) is 8.12. The Morgan fingerprint density at radius 1 is 1.27 bits per heavy atom. The van der Waals surface area contributed by atoms with Crippen LogP contribution in [0.5, 0.6) is 11.5 Å². The number of allylic oxidation sites excluding steroid dienone is 1. The molecule has 176 valence electrons. The number of carbonyl (C=O) groups excluding carboxylic acids is 1. The molecular formula is C23H24Cl2FN3O4. The highest BCUT2D eigenvalue weighted by Gasteiger charge is 2.27. The van der Waals surface area contributed by atoms with Gasteiger partial charge in [0.05, 0.1) is 42.5 Å². The molecule has 1 fully saturated rings. The van der Waals surface area contributed by atoms with Gasteiger partial charge in [-0.3, -0.25) is 4.79 Å². The molecule has 0 unspecified atom stereocenters. The molecule has 2 aromatic rings. The first kappa shape index (κ1) is 25.0. The normalized spacial score (nSPS) is 18.5. The fraction of sp³-hybridized carbons (Fsp3) is 0.348. The molecule has 2 heterocycles. The molecule has 2 atom stereocenters.